The van der Waals surface area contributed by atoms with E-state index in [9.17, 15) is 18.0 Å². The third-order valence-corrected chi connectivity index (χ3v) is 4.65. The molecule has 31 heavy (non-hydrogen) atoms. The molecule has 0 fully saturated rings. The normalized spacial score (nSPS) is 15.7. The largest absolute Gasteiger partial charge is 0.475 e. The lowest BCUT2D eigenvalue weighted by atomic mass is 10.1. The lowest BCUT2D eigenvalue weighted by Crippen LogP contribution is -2.20. The Morgan fingerprint density at radius 2 is 1.58 bits per heavy atom. The fraction of sp³-hybridized carbons (Fsp3) is 0.130. The summed E-state index contributed by atoms with van der Waals surface area (Å²) in [6, 6.07) is 20.4. The molecule has 0 saturated carbocycles. The summed E-state index contributed by atoms with van der Waals surface area (Å²) in [7, 11) is 0. The number of hydrogen-bond acceptors (Lipinski definition) is 3. The number of alkyl halides is 3. The van der Waals surface area contributed by atoms with Crippen LogP contribution in [0, 0.1) is 0 Å². The van der Waals surface area contributed by atoms with Gasteiger partial charge in [-0.25, -0.2) is 9.79 Å². The summed E-state index contributed by atoms with van der Waals surface area (Å²) in [5.74, 6) is 0.468. The molecule has 0 aromatic heterocycles. The van der Waals surface area contributed by atoms with Gasteiger partial charge < -0.3 is 15.4 Å². The Bertz CT molecular complexity index is 1110. The maximum atomic E-state index is 12.8. The highest BCUT2D eigenvalue weighted by molar-refractivity contribution is 6.01. The Kier molecular flexibility index (Phi) is 5.62. The molecule has 8 heteroatoms. The van der Waals surface area contributed by atoms with E-state index in [2.05, 4.69) is 15.6 Å². The number of carbonyl (C=O) groups excluding carboxylic acids is 1. The summed E-state index contributed by atoms with van der Waals surface area (Å²) < 4.78 is 44.2. The highest BCUT2D eigenvalue weighted by atomic mass is 19.4. The second-order valence-corrected chi connectivity index (χ2v) is 6.91. The summed E-state index contributed by atoms with van der Waals surface area (Å²) in [5.41, 5.74) is 1.40. The molecule has 4 rings (SSSR count). The lowest BCUT2D eigenvalue weighted by Gasteiger charge is -2.11. The molecule has 3 aromatic carbocycles. The second-order valence-electron chi connectivity index (χ2n) is 6.91. The van der Waals surface area contributed by atoms with Crippen LogP contribution in [0.1, 0.15) is 22.7 Å². The molecule has 0 aliphatic carbocycles. The van der Waals surface area contributed by atoms with Gasteiger partial charge in [-0.3, -0.25) is 0 Å². The van der Waals surface area contributed by atoms with E-state index in [1.807, 2.05) is 36.4 Å². The number of aliphatic imine (C=N–C) groups is 1. The average molecular weight is 425 g/mol. The highest BCUT2D eigenvalue weighted by Crippen LogP contribution is 2.31. The lowest BCUT2D eigenvalue weighted by molar-refractivity contribution is -0.137. The van der Waals surface area contributed by atoms with Crippen LogP contribution in [-0.2, 0) is 10.9 Å². The minimum atomic E-state index is -4.48. The van der Waals surface area contributed by atoms with Gasteiger partial charge in [0.05, 0.1) is 5.56 Å². The third kappa shape index (κ3) is 5.03. The zero-order valence-corrected chi connectivity index (χ0v) is 16.2. The van der Waals surface area contributed by atoms with Gasteiger partial charge in [0.2, 0.25) is 5.90 Å². The van der Waals surface area contributed by atoms with Crippen LogP contribution in [0.5, 0.6) is 0 Å². The predicted molar refractivity (Wildman–Crippen MR) is 112 cm³/mol. The first-order valence-electron chi connectivity index (χ1n) is 9.50. The van der Waals surface area contributed by atoms with Gasteiger partial charge in [-0.15, -0.1) is 0 Å². The maximum absolute atomic E-state index is 12.8. The van der Waals surface area contributed by atoms with E-state index in [-0.39, 0.29) is 11.7 Å². The van der Waals surface area contributed by atoms with Crippen molar-refractivity contribution in [2.45, 2.75) is 12.2 Å². The molecule has 0 saturated heterocycles. The SMILES string of the molecule is O=C(Nc1cccc(C2=N[C@@H](c3ccccc3)CO2)c1)Nc1cccc(C(F)(F)F)c1. The smallest absolute Gasteiger partial charge is 0.416 e. The molecule has 2 amide bonds. The Hall–Kier alpha value is -3.81. The van der Waals surface area contributed by atoms with Crippen molar-refractivity contribution in [3.8, 4) is 0 Å². The molecule has 0 spiro atoms. The first-order valence-corrected chi connectivity index (χ1v) is 9.50. The predicted octanol–water partition coefficient (Wildman–Crippen LogP) is 5.87. The van der Waals surface area contributed by atoms with Crippen molar-refractivity contribution in [2.75, 3.05) is 17.2 Å². The molecular formula is C23H18F3N3O2. The van der Waals surface area contributed by atoms with E-state index < -0.39 is 17.8 Å². The zero-order valence-electron chi connectivity index (χ0n) is 16.2. The van der Waals surface area contributed by atoms with Crippen molar-refractivity contribution >= 4 is 23.3 Å². The van der Waals surface area contributed by atoms with Gasteiger partial charge in [0.15, 0.2) is 0 Å². The molecule has 1 atom stereocenters. The topological polar surface area (TPSA) is 62.7 Å². The van der Waals surface area contributed by atoms with Crippen molar-refractivity contribution in [1.29, 1.82) is 0 Å². The first-order chi connectivity index (χ1) is 14.9. The van der Waals surface area contributed by atoms with Crippen LogP contribution in [0.15, 0.2) is 83.9 Å². The summed E-state index contributed by atoms with van der Waals surface area (Å²) in [4.78, 5) is 16.9. The molecule has 2 N–H and O–H groups in total. The molecule has 1 heterocycles. The zero-order chi connectivity index (χ0) is 21.8. The van der Waals surface area contributed by atoms with Gasteiger partial charge in [0.1, 0.15) is 12.6 Å². The molecule has 1 aliphatic heterocycles. The molecule has 3 aromatic rings. The molecule has 0 radical (unpaired) electrons. The van der Waals surface area contributed by atoms with Crippen LogP contribution in [0.4, 0.5) is 29.3 Å². The van der Waals surface area contributed by atoms with Crippen LogP contribution in [0.2, 0.25) is 0 Å². The Morgan fingerprint density at radius 1 is 0.903 bits per heavy atom. The van der Waals surface area contributed by atoms with E-state index in [0.717, 1.165) is 17.7 Å². The van der Waals surface area contributed by atoms with Crippen LogP contribution < -0.4 is 10.6 Å². The number of halogens is 3. The van der Waals surface area contributed by atoms with E-state index in [4.69, 9.17) is 4.74 Å². The Balaban J connectivity index is 1.44. The Labute approximate surface area is 176 Å². The van der Waals surface area contributed by atoms with Crippen LogP contribution in [-0.4, -0.2) is 18.5 Å². The van der Waals surface area contributed by atoms with Gasteiger partial charge in [0.25, 0.3) is 0 Å². The number of rotatable bonds is 4. The van der Waals surface area contributed by atoms with Crippen molar-refractivity contribution < 1.29 is 22.7 Å². The minimum absolute atomic E-state index is 0.0395. The monoisotopic (exact) mass is 425 g/mol. The summed E-state index contributed by atoms with van der Waals surface area (Å²) in [5, 5.41) is 5.02. The minimum Gasteiger partial charge on any atom is -0.475 e. The molecular weight excluding hydrogens is 407 g/mol. The first kappa shape index (κ1) is 20.5. The number of nitrogens with one attached hydrogen (secondary N) is 2. The van der Waals surface area contributed by atoms with Crippen LogP contribution in [0.25, 0.3) is 0 Å². The fourth-order valence-corrected chi connectivity index (χ4v) is 3.17. The van der Waals surface area contributed by atoms with Gasteiger partial charge in [-0.2, -0.15) is 13.2 Å². The molecule has 0 unspecified atom stereocenters. The van der Waals surface area contributed by atoms with Crippen molar-refractivity contribution in [3.63, 3.8) is 0 Å². The maximum Gasteiger partial charge on any atom is 0.416 e. The number of urea groups is 1. The summed E-state index contributed by atoms with van der Waals surface area (Å²) >= 11 is 0. The number of benzene rings is 3. The quantitative estimate of drug-likeness (QED) is 0.549. The third-order valence-electron chi connectivity index (χ3n) is 4.65. The number of amides is 2. The number of nitrogens with zero attached hydrogens (tertiary/aromatic N) is 1. The van der Waals surface area contributed by atoms with Crippen LogP contribution in [0.3, 0.4) is 0 Å². The van der Waals surface area contributed by atoms with Crippen molar-refractivity contribution in [3.05, 3.63) is 95.6 Å². The Morgan fingerprint density at radius 3 is 2.29 bits per heavy atom. The number of anilines is 2. The van der Waals surface area contributed by atoms with Gasteiger partial charge in [0, 0.05) is 16.9 Å². The fourth-order valence-electron chi connectivity index (χ4n) is 3.17. The van der Waals surface area contributed by atoms with E-state index in [1.54, 1.807) is 18.2 Å². The van der Waals surface area contributed by atoms with Gasteiger partial charge in [-0.05, 0) is 42.0 Å². The standard InChI is InChI=1S/C23H18F3N3O2/c24-23(25,26)17-9-5-11-19(13-17)28-22(30)27-18-10-4-8-16(12-18)21-29-20(14-31-21)15-6-2-1-3-7-15/h1-13,20H,14H2,(H2,27,28,30)/t20-/m1/s1. The molecule has 158 valence electrons. The van der Waals surface area contributed by atoms with E-state index in [1.165, 1.54) is 12.1 Å². The highest BCUT2D eigenvalue weighted by Gasteiger charge is 2.30. The van der Waals surface area contributed by atoms with Crippen molar-refractivity contribution in [2.24, 2.45) is 4.99 Å². The van der Waals surface area contributed by atoms with Gasteiger partial charge in [-0.1, -0.05) is 42.5 Å². The number of carbonyl (C=O) groups is 1. The summed E-state index contributed by atoms with van der Waals surface area (Å²) in [6.07, 6.45) is -4.48. The molecule has 5 nitrogen and oxygen atoms in total. The summed E-state index contributed by atoms with van der Waals surface area (Å²) in [6.45, 7) is 0.424. The van der Waals surface area contributed by atoms with Crippen LogP contribution >= 0.6 is 0 Å². The second kappa shape index (κ2) is 8.51. The average Bonchev–Trinajstić information content (AvgIpc) is 3.24. The molecule has 0 bridgehead atoms. The molecule has 1 aliphatic rings. The number of hydrogen-bond donors (Lipinski definition) is 2. The number of ether oxygens (including phenoxy) is 1. The van der Waals surface area contributed by atoms with Crippen molar-refractivity contribution in [1.82, 2.24) is 0 Å². The van der Waals surface area contributed by atoms with E-state index >= 15 is 0 Å². The van der Waals surface area contributed by atoms with E-state index in [0.29, 0.717) is 23.8 Å². The van der Waals surface area contributed by atoms with Gasteiger partial charge >= 0.3 is 12.2 Å².